The topological polar surface area (TPSA) is 83.6 Å². The zero-order valence-electron chi connectivity index (χ0n) is 11.2. The highest BCUT2D eigenvalue weighted by molar-refractivity contribution is 6.42. The van der Waals surface area contributed by atoms with E-state index in [-0.39, 0.29) is 11.3 Å². The average molecular weight is 314 g/mol. The molecule has 0 spiro atoms. The van der Waals surface area contributed by atoms with E-state index >= 15 is 0 Å². The Balaban J connectivity index is 2.19. The second-order valence-electron chi connectivity index (χ2n) is 4.68. The molecule has 0 saturated carbocycles. The van der Waals surface area contributed by atoms with E-state index in [1.165, 1.54) is 30.3 Å². The number of nitrogens with zero attached hydrogens (tertiary/aromatic N) is 1. The van der Waals surface area contributed by atoms with Crippen molar-refractivity contribution in [2.24, 2.45) is 5.73 Å². The number of hydrogen-bond acceptors (Lipinski definition) is 3. The Morgan fingerprint density at radius 3 is 2.86 bits per heavy atom. The van der Waals surface area contributed by atoms with E-state index in [0.717, 1.165) is 4.90 Å². The molecule has 0 saturated heterocycles. The van der Waals surface area contributed by atoms with Crippen molar-refractivity contribution in [3.63, 3.8) is 0 Å². The van der Waals surface area contributed by atoms with Gasteiger partial charge >= 0.3 is 6.03 Å². The molecule has 0 fully saturated rings. The molecule has 0 bridgehead atoms. The number of fused-ring (bicyclic) bond motifs is 1. The summed E-state index contributed by atoms with van der Waals surface area (Å²) >= 11 is 5.90. The maximum atomic E-state index is 12.4. The van der Waals surface area contributed by atoms with Gasteiger partial charge in [0.1, 0.15) is 5.75 Å². The van der Waals surface area contributed by atoms with Gasteiger partial charge in [0.2, 0.25) is 0 Å². The number of anilines is 1. The molecule has 2 aromatic rings. The second kappa shape index (κ2) is 5.20. The number of hydrogen-bond donors (Lipinski definition) is 2. The number of amides is 3. The standard InChI is InChI=1S/C16H10ClN2O3/c17-10-5-6-14(20)9(7-10)8-12-11-3-1-2-4-13(11)19(15(12)21)16(18)22/h1,3-8,20H,(H2,18,22). The minimum Gasteiger partial charge on any atom is -0.507 e. The molecule has 0 atom stereocenters. The number of halogens is 1. The highest BCUT2D eigenvalue weighted by Crippen LogP contribution is 2.38. The van der Waals surface area contributed by atoms with E-state index in [1.54, 1.807) is 12.1 Å². The molecule has 1 radical (unpaired) electrons. The molecule has 3 N–H and O–H groups in total. The molecular weight excluding hydrogens is 304 g/mol. The van der Waals surface area contributed by atoms with E-state index in [2.05, 4.69) is 6.07 Å². The molecule has 0 aromatic heterocycles. The number of primary amides is 1. The molecule has 1 aliphatic rings. The van der Waals surface area contributed by atoms with Gasteiger partial charge in [0, 0.05) is 16.1 Å². The lowest BCUT2D eigenvalue weighted by atomic mass is 10.0. The Morgan fingerprint density at radius 1 is 1.36 bits per heavy atom. The molecule has 109 valence electrons. The number of benzene rings is 2. The number of carbonyl (C=O) groups excluding carboxylic acids is 2. The first-order chi connectivity index (χ1) is 10.5. The summed E-state index contributed by atoms with van der Waals surface area (Å²) in [6.45, 7) is 0. The molecule has 3 rings (SSSR count). The lowest BCUT2D eigenvalue weighted by Gasteiger charge is -2.10. The Labute approximate surface area is 131 Å². The van der Waals surface area contributed by atoms with Crippen LogP contribution in [0.4, 0.5) is 10.5 Å². The first-order valence-corrected chi connectivity index (χ1v) is 6.71. The van der Waals surface area contributed by atoms with Crippen molar-refractivity contribution in [2.45, 2.75) is 0 Å². The predicted molar refractivity (Wildman–Crippen MR) is 83.3 cm³/mol. The Kier molecular flexibility index (Phi) is 3.35. The van der Waals surface area contributed by atoms with Crippen molar-refractivity contribution < 1.29 is 14.7 Å². The van der Waals surface area contributed by atoms with Gasteiger partial charge in [-0.05, 0) is 36.4 Å². The van der Waals surface area contributed by atoms with Crippen LogP contribution in [0, 0.1) is 6.07 Å². The van der Waals surface area contributed by atoms with Gasteiger partial charge in [0.25, 0.3) is 5.91 Å². The van der Waals surface area contributed by atoms with Gasteiger partial charge in [0.05, 0.1) is 11.3 Å². The van der Waals surface area contributed by atoms with Gasteiger partial charge in [-0.2, -0.15) is 0 Å². The molecule has 6 heteroatoms. The maximum Gasteiger partial charge on any atom is 0.326 e. The van der Waals surface area contributed by atoms with E-state index in [1.807, 2.05) is 0 Å². The number of phenolic OH excluding ortho intramolecular Hbond substituents is 1. The Morgan fingerprint density at radius 2 is 2.14 bits per heavy atom. The highest BCUT2D eigenvalue weighted by atomic mass is 35.5. The van der Waals surface area contributed by atoms with Crippen LogP contribution in [-0.4, -0.2) is 17.0 Å². The first-order valence-electron chi connectivity index (χ1n) is 6.33. The normalized spacial score (nSPS) is 15.2. The molecule has 3 amide bonds. The quantitative estimate of drug-likeness (QED) is 0.794. The third kappa shape index (κ3) is 2.21. The fourth-order valence-electron chi connectivity index (χ4n) is 2.33. The maximum absolute atomic E-state index is 12.4. The lowest BCUT2D eigenvalue weighted by Crippen LogP contribution is -2.37. The number of aromatic hydroxyl groups is 1. The molecule has 2 aromatic carbocycles. The summed E-state index contributed by atoms with van der Waals surface area (Å²) < 4.78 is 0. The Bertz CT molecular complexity index is 830. The Hall–Kier alpha value is -2.79. The van der Waals surface area contributed by atoms with Gasteiger partial charge in [0.15, 0.2) is 0 Å². The summed E-state index contributed by atoms with van der Waals surface area (Å²) in [5, 5.41) is 10.3. The average Bonchev–Trinajstić information content (AvgIpc) is 2.76. The number of nitrogens with two attached hydrogens (primary N) is 1. The van der Waals surface area contributed by atoms with Crippen molar-refractivity contribution in [2.75, 3.05) is 4.90 Å². The number of rotatable bonds is 1. The smallest absolute Gasteiger partial charge is 0.326 e. The fourth-order valence-corrected chi connectivity index (χ4v) is 2.51. The zero-order chi connectivity index (χ0) is 15.9. The molecule has 5 nitrogen and oxygen atoms in total. The molecule has 0 aliphatic carbocycles. The van der Waals surface area contributed by atoms with Crippen LogP contribution in [0.25, 0.3) is 11.6 Å². The monoisotopic (exact) mass is 313 g/mol. The summed E-state index contributed by atoms with van der Waals surface area (Å²) in [5.74, 6) is -0.576. The third-order valence-corrected chi connectivity index (χ3v) is 3.55. The van der Waals surface area contributed by atoms with Crippen LogP contribution >= 0.6 is 11.6 Å². The summed E-state index contributed by atoms with van der Waals surface area (Å²) in [6, 6.07) is 11.2. The van der Waals surface area contributed by atoms with E-state index in [4.69, 9.17) is 17.3 Å². The van der Waals surface area contributed by atoms with Crippen LogP contribution < -0.4 is 10.6 Å². The predicted octanol–water partition coefficient (Wildman–Crippen LogP) is 2.81. The van der Waals surface area contributed by atoms with Crippen molar-refractivity contribution >= 4 is 40.9 Å². The van der Waals surface area contributed by atoms with Crippen molar-refractivity contribution in [1.82, 2.24) is 0 Å². The minimum atomic E-state index is -0.871. The van der Waals surface area contributed by atoms with Crippen LogP contribution in [0.3, 0.4) is 0 Å². The lowest BCUT2D eigenvalue weighted by molar-refractivity contribution is -0.112. The van der Waals surface area contributed by atoms with Crippen LogP contribution in [-0.2, 0) is 4.79 Å². The fraction of sp³-hybridized carbons (Fsp3) is 0. The van der Waals surface area contributed by atoms with Crippen LogP contribution in [0.5, 0.6) is 5.75 Å². The SMILES string of the molecule is NC(=O)N1C(=O)C(=Cc2cc(Cl)ccc2O)c2cc[c]cc21. The van der Waals surface area contributed by atoms with E-state index in [9.17, 15) is 14.7 Å². The highest BCUT2D eigenvalue weighted by Gasteiger charge is 2.35. The van der Waals surface area contributed by atoms with Gasteiger partial charge in [-0.3, -0.25) is 4.79 Å². The van der Waals surface area contributed by atoms with Gasteiger partial charge in [-0.25, -0.2) is 9.69 Å². The third-order valence-electron chi connectivity index (χ3n) is 3.32. The van der Waals surface area contributed by atoms with E-state index in [0.29, 0.717) is 21.8 Å². The zero-order valence-corrected chi connectivity index (χ0v) is 12.0. The van der Waals surface area contributed by atoms with Crippen LogP contribution in [0.2, 0.25) is 5.02 Å². The number of imide groups is 1. The molecule has 22 heavy (non-hydrogen) atoms. The van der Waals surface area contributed by atoms with Crippen molar-refractivity contribution in [3.05, 3.63) is 58.6 Å². The second-order valence-corrected chi connectivity index (χ2v) is 5.12. The van der Waals surface area contributed by atoms with Crippen LogP contribution in [0.15, 0.2) is 36.4 Å². The first kappa shape index (κ1) is 14.2. The molecule has 1 heterocycles. The van der Waals surface area contributed by atoms with Gasteiger partial charge < -0.3 is 10.8 Å². The minimum absolute atomic E-state index is 0.0220. The van der Waals surface area contributed by atoms with Crippen molar-refractivity contribution in [3.8, 4) is 5.75 Å². The molecule has 0 unspecified atom stereocenters. The van der Waals surface area contributed by atoms with Gasteiger partial charge in [-0.1, -0.05) is 23.7 Å². The van der Waals surface area contributed by atoms with Crippen molar-refractivity contribution in [1.29, 1.82) is 0 Å². The largest absolute Gasteiger partial charge is 0.507 e. The molecular formula is C16H10ClN2O3. The summed E-state index contributed by atoms with van der Waals surface area (Å²) in [7, 11) is 0. The number of phenols is 1. The summed E-state index contributed by atoms with van der Waals surface area (Å²) in [6.07, 6.45) is 1.48. The summed E-state index contributed by atoms with van der Waals surface area (Å²) in [4.78, 5) is 24.8. The number of urea groups is 1. The molecule has 1 aliphatic heterocycles. The summed E-state index contributed by atoms with van der Waals surface area (Å²) in [5.41, 5.74) is 6.81. The number of carbonyl (C=O) groups is 2. The van der Waals surface area contributed by atoms with Crippen LogP contribution in [0.1, 0.15) is 11.1 Å². The van der Waals surface area contributed by atoms with E-state index < -0.39 is 11.9 Å². The van der Waals surface area contributed by atoms with Gasteiger partial charge in [-0.15, -0.1) is 0 Å².